The van der Waals surface area contributed by atoms with E-state index in [1.165, 1.54) is 47.4 Å². The van der Waals surface area contributed by atoms with Crippen molar-refractivity contribution in [3.63, 3.8) is 0 Å². The third-order valence-electron chi connectivity index (χ3n) is 7.37. The first kappa shape index (κ1) is 29.2. The fraction of sp³-hybridized carbons (Fsp3) is 0.207. The van der Waals surface area contributed by atoms with Gasteiger partial charge >= 0.3 is 0 Å². The van der Waals surface area contributed by atoms with Crippen LogP contribution >= 0.6 is 0 Å². The van der Waals surface area contributed by atoms with Gasteiger partial charge in [0.1, 0.15) is 34.0 Å². The van der Waals surface area contributed by atoms with E-state index >= 15 is 0 Å². The molecule has 1 aliphatic rings. The number of rotatable bonds is 4. The zero-order valence-electron chi connectivity index (χ0n) is 23.6. The normalized spacial score (nSPS) is 13.8. The number of likely N-dealkylation sites (tertiary alicyclic amines) is 1. The predicted molar refractivity (Wildman–Crippen MR) is 152 cm³/mol. The zero-order chi connectivity index (χ0) is 32.0. The maximum Gasteiger partial charge on any atom is 0.255 e. The molecule has 2 aromatic carbocycles. The number of nitrogens with zero attached hydrogens (tertiary/aromatic N) is 7. The molecule has 16 heteroatoms. The molecule has 1 fully saturated rings. The number of nitriles is 1. The van der Waals surface area contributed by atoms with Gasteiger partial charge in [0, 0.05) is 37.1 Å². The number of aromatic amines is 2. The number of hydrogen-bond donors (Lipinski definition) is 3. The summed E-state index contributed by atoms with van der Waals surface area (Å²) in [6.07, 6.45) is 4.30. The molecule has 5 heterocycles. The summed E-state index contributed by atoms with van der Waals surface area (Å²) in [5, 5.41) is 22.6. The Morgan fingerprint density at radius 3 is 2.58 bits per heavy atom. The number of H-pyrrole nitrogens is 2. The van der Waals surface area contributed by atoms with Crippen molar-refractivity contribution in [3.05, 3.63) is 71.7 Å². The minimum Gasteiger partial charge on any atom is -0.344 e. The van der Waals surface area contributed by atoms with E-state index in [1.54, 1.807) is 6.92 Å². The molecule has 0 unspecified atom stereocenters. The lowest BCUT2D eigenvalue weighted by atomic mass is 10.0. The molecule has 1 atom stereocenters. The van der Waals surface area contributed by atoms with Gasteiger partial charge in [0.25, 0.3) is 5.91 Å². The summed E-state index contributed by atoms with van der Waals surface area (Å²) in [6.45, 7) is 2.26. The zero-order valence-corrected chi connectivity index (χ0v) is 23.6. The second-order valence-corrected chi connectivity index (χ2v) is 10.3. The SMILES string of the molecule is C[C@@H](NC(=O)c1c[nH]c2ncc(-c3nn(C)c4c(F)c(F)ccc34)nc12)C(=O)N1CC(C#N)C1.Fc1ccc2cn[nH]c2c1F. The van der Waals surface area contributed by atoms with Crippen LogP contribution in [0.2, 0.25) is 0 Å². The molecule has 0 bridgehead atoms. The average molecular weight is 619 g/mol. The number of benzene rings is 2. The number of carbonyl (C=O) groups excluding carboxylic acids is 2. The number of carbonyl (C=O) groups is 2. The first-order valence-corrected chi connectivity index (χ1v) is 13.5. The molecule has 2 amide bonds. The standard InChI is InChI=1S/C22H18F2N8O2.C7H4F2N2/c1-10(22(34)32-8-11(5-25)9-32)28-21(33)13-6-26-20-18(13)29-15(7-27-20)17-12-3-4-14(23)16(24)19(12)31(2)30-17;8-5-2-1-4-3-10-11-7(4)6(5)9/h3-4,6-7,10-11H,8-9H2,1-2H3,(H,26,27)(H,28,33);1-3H,(H,10,11)/t10-;/m1./s1. The van der Waals surface area contributed by atoms with Gasteiger partial charge in [0.05, 0.1) is 29.9 Å². The lowest BCUT2D eigenvalue weighted by Crippen LogP contribution is -2.55. The molecule has 45 heavy (non-hydrogen) atoms. The van der Waals surface area contributed by atoms with Crippen LogP contribution < -0.4 is 5.32 Å². The Morgan fingerprint density at radius 1 is 1.09 bits per heavy atom. The Labute approximate surface area is 250 Å². The van der Waals surface area contributed by atoms with Crippen LogP contribution in [0.25, 0.3) is 44.4 Å². The molecule has 6 aromatic rings. The van der Waals surface area contributed by atoms with Gasteiger partial charge in [-0.2, -0.15) is 15.5 Å². The molecule has 0 radical (unpaired) electrons. The Kier molecular flexibility index (Phi) is 7.36. The monoisotopic (exact) mass is 618 g/mol. The third kappa shape index (κ3) is 5.18. The van der Waals surface area contributed by atoms with Gasteiger partial charge in [0.2, 0.25) is 5.91 Å². The van der Waals surface area contributed by atoms with Gasteiger partial charge in [-0.05, 0) is 31.2 Å². The summed E-state index contributed by atoms with van der Waals surface area (Å²) in [4.78, 5) is 38.5. The molecule has 228 valence electrons. The largest absolute Gasteiger partial charge is 0.344 e. The van der Waals surface area contributed by atoms with E-state index in [1.807, 2.05) is 0 Å². The molecule has 12 nitrogen and oxygen atoms in total. The van der Waals surface area contributed by atoms with Gasteiger partial charge in [0.15, 0.2) is 28.9 Å². The first-order chi connectivity index (χ1) is 21.6. The smallest absolute Gasteiger partial charge is 0.255 e. The number of hydrogen-bond acceptors (Lipinski definition) is 7. The van der Waals surface area contributed by atoms with Crippen molar-refractivity contribution in [3.8, 4) is 17.5 Å². The molecule has 7 rings (SSSR count). The maximum absolute atomic E-state index is 14.3. The highest BCUT2D eigenvalue weighted by Crippen LogP contribution is 2.30. The third-order valence-corrected chi connectivity index (χ3v) is 7.37. The van der Waals surface area contributed by atoms with Crippen molar-refractivity contribution in [2.45, 2.75) is 13.0 Å². The predicted octanol–water partition coefficient (Wildman–Crippen LogP) is 3.73. The Balaban J connectivity index is 0.000000272. The van der Waals surface area contributed by atoms with Gasteiger partial charge in [-0.15, -0.1) is 0 Å². The van der Waals surface area contributed by atoms with E-state index in [0.717, 1.165) is 12.1 Å². The Bertz CT molecular complexity index is 2160. The molecular formula is C29H22F4N10O2. The molecule has 4 aromatic heterocycles. The lowest BCUT2D eigenvalue weighted by Gasteiger charge is -2.37. The summed E-state index contributed by atoms with van der Waals surface area (Å²) in [5.74, 6) is -4.73. The average Bonchev–Trinajstić information content (AvgIpc) is 3.74. The van der Waals surface area contributed by atoms with Crippen molar-refractivity contribution in [2.24, 2.45) is 13.0 Å². The number of amides is 2. The van der Waals surface area contributed by atoms with Crippen LogP contribution in [0.1, 0.15) is 17.3 Å². The topological polar surface area (TPSA) is 161 Å². The van der Waals surface area contributed by atoms with Gasteiger partial charge in [-0.25, -0.2) is 27.5 Å². The van der Waals surface area contributed by atoms with E-state index in [4.69, 9.17) is 5.26 Å². The van der Waals surface area contributed by atoms with E-state index in [9.17, 15) is 27.2 Å². The van der Waals surface area contributed by atoms with Crippen molar-refractivity contribution >= 4 is 44.8 Å². The van der Waals surface area contributed by atoms with Crippen LogP contribution in [0.5, 0.6) is 0 Å². The molecule has 0 spiro atoms. The van der Waals surface area contributed by atoms with E-state index < -0.39 is 35.2 Å². The quantitative estimate of drug-likeness (QED) is 0.254. The van der Waals surface area contributed by atoms with Crippen LogP contribution in [0.3, 0.4) is 0 Å². The number of aromatic nitrogens is 7. The van der Waals surface area contributed by atoms with Crippen molar-refractivity contribution < 1.29 is 27.2 Å². The van der Waals surface area contributed by atoms with Crippen molar-refractivity contribution in [1.82, 2.24) is 45.1 Å². The molecular weight excluding hydrogens is 596 g/mol. The van der Waals surface area contributed by atoms with Crippen LogP contribution in [0.15, 0.2) is 42.9 Å². The second kappa shape index (κ2) is 11.3. The van der Waals surface area contributed by atoms with Crippen LogP contribution in [0.4, 0.5) is 17.6 Å². The van der Waals surface area contributed by atoms with Gasteiger partial charge in [-0.1, -0.05) is 0 Å². The highest BCUT2D eigenvalue weighted by molar-refractivity contribution is 6.06. The molecule has 1 aliphatic heterocycles. The number of aryl methyl sites for hydroxylation is 1. The van der Waals surface area contributed by atoms with Crippen molar-refractivity contribution in [2.75, 3.05) is 13.1 Å². The minimum absolute atomic E-state index is 0.0131. The number of nitrogens with one attached hydrogen (secondary N) is 3. The fourth-order valence-electron chi connectivity index (χ4n) is 4.97. The summed E-state index contributed by atoms with van der Waals surface area (Å²) in [5.41, 5.74) is 1.40. The van der Waals surface area contributed by atoms with E-state index in [2.05, 4.69) is 41.6 Å². The van der Waals surface area contributed by atoms with E-state index in [-0.39, 0.29) is 45.3 Å². The Hall–Kier alpha value is -5.85. The maximum atomic E-state index is 14.3. The fourth-order valence-corrected chi connectivity index (χ4v) is 4.97. The van der Waals surface area contributed by atoms with Gasteiger partial charge in [-0.3, -0.25) is 19.4 Å². The van der Waals surface area contributed by atoms with Gasteiger partial charge < -0.3 is 15.2 Å². The summed E-state index contributed by atoms with van der Waals surface area (Å²) in [7, 11) is 1.49. The van der Waals surface area contributed by atoms with Crippen molar-refractivity contribution in [1.29, 1.82) is 5.26 Å². The Morgan fingerprint density at radius 2 is 1.82 bits per heavy atom. The second-order valence-electron chi connectivity index (χ2n) is 10.3. The number of fused-ring (bicyclic) bond motifs is 3. The highest BCUT2D eigenvalue weighted by Gasteiger charge is 2.33. The molecule has 0 saturated carbocycles. The molecule has 1 saturated heterocycles. The molecule has 3 N–H and O–H groups in total. The summed E-state index contributed by atoms with van der Waals surface area (Å²) < 4.78 is 54.5. The minimum atomic E-state index is -1.02. The highest BCUT2D eigenvalue weighted by atomic mass is 19.2. The summed E-state index contributed by atoms with van der Waals surface area (Å²) >= 11 is 0. The van der Waals surface area contributed by atoms with Crippen LogP contribution in [0, 0.1) is 40.5 Å². The molecule has 0 aliphatic carbocycles. The van der Waals surface area contributed by atoms with Crippen LogP contribution in [-0.2, 0) is 11.8 Å². The number of halogens is 4. The lowest BCUT2D eigenvalue weighted by molar-refractivity contribution is -0.137. The summed E-state index contributed by atoms with van der Waals surface area (Å²) in [6, 6.07) is 6.27. The van der Waals surface area contributed by atoms with E-state index in [0.29, 0.717) is 29.5 Å². The van der Waals surface area contributed by atoms with Crippen LogP contribution in [-0.4, -0.2) is 70.8 Å². The first-order valence-electron chi connectivity index (χ1n) is 13.5.